The van der Waals surface area contributed by atoms with E-state index in [2.05, 4.69) is 29.1 Å². The van der Waals surface area contributed by atoms with Gasteiger partial charge in [0.2, 0.25) is 0 Å². The van der Waals surface area contributed by atoms with Crippen LogP contribution in [0.1, 0.15) is 19.7 Å². The Morgan fingerprint density at radius 1 is 1.28 bits per heavy atom. The molecule has 0 aliphatic rings. The third-order valence-electron chi connectivity index (χ3n) is 2.70. The van der Waals surface area contributed by atoms with Crippen molar-refractivity contribution in [2.75, 3.05) is 6.54 Å². The summed E-state index contributed by atoms with van der Waals surface area (Å²) in [7, 11) is 0. The molecule has 2 aromatic rings. The Bertz CT molecular complexity index is 488. The van der Waals surface area contributed by atoms with Crippen LogP contribution in [-0.2, 0) is 6.42 Å². The Hall–Kier alpha value is -1.68. The van der Waals surface area contributed by atoms with Gasteiger partial charge in [0.05, 0.1) is 11.9 Å². The standard InChI is InChI=1S/C14H18FN3/c1-10(2)16-8-7-14-17-9-13(18-14)11-3-5-12(15)6-4-11/h3-6,9-10,16H,7-8H2,1-2H3,(H,17,18). The number of halogens is 1. The molecule has 4 heteroatoms. The van der Waals surface area contributed by atoms with Gasteiger partial charge < -0.3 is 10.3 Å². The van der Waals surface area contributed by atoms with Crippen LogP contribution in [0.2, 0.25) is 0 Å². The van der Waals surface area contributed by atoms with Crippen LogP contribution >= 0.6 is 0 Å². The summed E-state index contributed by atoms with van der Waals surface area (Å²) >= 11 is 0. The van der Waals surface area contributed by atoms with E-state index in [1.165, 1.54) is 12.1 Å². The SMILES string of the molecule is CC(C)NCCc1ncc(-c2ccc(F)cc2)[nH]1. The first-order chi connectivity index (χ1) is 8.65. The van der Waals surface area contributed by atoms with Crippen LogP contribution in [0, 0.1) is 5.82 Å². The smallest absolute Gasteiger partial charge is 0.123 e. The molecule has 0 bridgehead atoms. The van der Waals surface area contributed by atoms with Gasteiger partial charge in [0.25, 0.3) is 0 Å². The first-order valence-electron chi connectivity index (χ1n) is 6.18. The number of nitrogens with one attached hydrogen (secondary N) is 2. The summed E-state index contributed by atoms with van der Waals surface area (Å²) in [6, 6.07) is 6.89. The van der Waals surface area contributed by atoms with Gasteiger partial charge in [0.15, 0.2) is 0 Å². The zero-order valence-electron chi connectivity index (χ0n) is 10.7. The predicted octanol–water partition coefficient (Wildman–Crippen LogP) is 2.76. The number of benzene rings is 1. The van der Waals surface area contributed by atoms with Gasteiger partial charge in [-0.25, -0.2) is 9.37 Å². The Morgan fingerprint density at radius 2 is 2.00 bits per heavy atom. The third kappa shape index (κ3) is 3.40. The quantitative estimate of drug-likeness (QED) is 0.853. The average molecular weight is 247 g/mol. The minimum atomic E-state index is -0.223. The van der Waals surface area contributed by atoms with Crippen LogP contribution < -0.4 is 5.32 Å². The maximum atomic E-state index is 12.8. The lowest BCUT2D eigenvalue weighted by Crippen LogP contribution is -2.25. The lowest BCUT2D eigenvalue weighted by Gasteiger charge is -2.05. The number of rotatable bonds is 5. The molecule has 1 heterocycles. The molecule has 1 aromatic heterocycles. The van der Waals surface area contributed by atoms with Crippen molar-refractivity contribution in [3.63, 3.8) is 0 Å². The van der Waals surface area contributed by atoms with Gasteiger partial charge in [-0.1, -0.05) is 13.8 Å². The number of imidazole rings is 1. The van der Waals surface area contributed by atoms with Gasteiger partial charge in [0, 0.05) is 19.0 Å². The maximum absolute atomic E-state index is 12.8. The van der Waals surface area contributed by atoms with E-state index in [9.17, 15) is 4.39 Å². The first kappa shape index (κ1) is 12.8. The van der Waals surface area contributed by atoms with Crippen molar-refractivity contribution in [2.45, 2.75) is 26.3 Å². The van der Waals surface area contributed by atoms with Crippen molar-refractivity contribution in [3.05, 3.63) is 42.1 Å². The molecule has 2 N–H and O–H groups in total. The molecule has 1 aromatic carbocycles. The van der Waals surface area contributed by atoms with Crippen LogP contribution in [0.3, 0.4) is 0 Å². The number of aromatic amines is 1. The Morgan fingerprint density at radius 3 is 2.67 bits per heavy atom. The van der Waals surface area contributed by atoms with E-state index in [0.717, 1.165) is 30.0 Å². The first-order valence-corrected chi connectivity index (χ1v) is 6.18. The van der Waals surface area contributed by atoms with Crippen LogP contribution in [-0.4, -0.2) is 22.6 Å². The molecule has 0 amide bonds. The fourth-order valence-electron chi connectivity index (χ4n) is 1.74. The number of hydrogen-bond donors (Lipinski definition) is 2. The molecule has 0 aliphatic carbocycles. The average Bonchev–Trinajstić information content (AvgIpc) is 2.78. The van der Waals surface area contributed by atoms with E-state index in [4.69, 9.17) is 0 Å². The second kappa shape index (κ2) is 5.78. The van der Waals surface area contributed by atoms with Crippen molar-refractivity contribution in [2.24, 2.45) is 0 Å². The zero-order valence-corrected chi connectivity index (χ0v) is 10.7. The largest absolute Gasteiger partial charge is 0.342 e. The Kier molecular flexibility index (Phi) is 4.10. The van der Waals surface area contributed by atoms with E-state index >= 15 is 0 Å². The topological polar surface area (TPSA) is 40.7 Å². The van der Waals surface area contributed by atoms with Crippen molar-refractivity contribution < 1.29 is 4.39 Å². The van der Waals surface area contributed by atoms with Crippen LogP contribution in [0.4, 0.5) is 4.39 Å². The summed E-state index contributed by atoms with van der Waals surface area (Å²) < 4.78 is 12.8. The molecule has 0 saturated heterocycles. The van der Waals surface area contributed by atoms with Gasteiger partial charge in [-0.15, -0.1) is 0 Å². The second-order valence-corrected chi connectivity index (χ2v) is 4.61. The van der Waals surface area contributed by atoms with Gasteiger partial charge in [-0.3, -0.25) is 0 Å². The van der Waals surface area contributed by atoms with Crippen molar-refractivity contribution in [1.29, 1.82) is 0 Å². The molecule has 0 fully saturated rings. The lowest BCUT2D eigenvalue weighted by molar-refractivity contribution is 0.584. The molecule has 0 atom stereocenters. The summed E-state index contributed by atoms with van der Waals surface area (Å²) in [5, 5.41) is 3.34. The highest BCUT2D eigenvalue weighted by Crippen LogP contribution is 2.17. The maximum Gasteiger partial charge on any atom is 0.123 e. The second-order valence-electron chi connectivity index (χ2n) is 4.61. The summed E-state index contributed by atoms with van der Waals surface area (Å²) in [4.78, 5) is 7.57. The van der Waals surface area contributed by atoms with Crippen molar-refractivity contribution >= 4 is 0 Å². The Balaban J connectivity index is 1.99. The zero-order chi connectivity index (χ0) is 13.0. The summed E-state index contributed by atoms with van der Waals surface area (Å²) in [6.07, 6.45) is 2.65. The molecule has 0 spiro atoms. The lowest BCUT2D eigenvalue weighted by atomic mass is 10.2. The van der Waals surface area contributed by atoms with Gasteiger partial charge in [-0.05, 0) is 29.8 Å². The normalized spacial score (nSPS) is 11.1. The van der Waals surface area contributed by atoms with Crippen molar-refractivity contribution in [1.82, 2.24) is 15.3 Å². The van der Waals surface area contributed by atoms with E-state index in [0.29, 0.717) is 6.04 Å². The predicted molar refractivity (Wildman–Crippen MR) is 70.8 cm³/mol. The summed E-state index contributed by atoms with van der Waals surface area (Å²) in [5.74, 6) is 0.724. The van der Waals surface area contributed by atoms with Gasteiger partial charge in [0.1, 0.15) is 11.6 Å². The van der Waals surface area contributed by atoms with Crippen molar-refractivity contribution in [3.8, 4) is 11.3 Å². The molecule has 0 unspecified atom stereocenters. The fraction of sp³-hybridized carbons (Fsp3) is 0.357. The molecule has 2 rings (SSSR count). The molecule has 0 saturated carbocycles. The number of H-pyrrole nitrogens is 1. The number of hydrogen-bond acceptors (Lipinski definition) is 2. The Labute approximate surface area is 106 Å². The molecule has 0 aliphatic heterocycles. The molecule has 0 radical (unpaired) electrons. The summed E-state index contributed by atoms with van der Waals surface area (Å²) in [5.41, 5.74) is 1.88. The van der Waals surface area contributed by atoms with E-state index < -0.39 is 0 Å². The third-order valence-corrected chi connectivity index (χ3v) is 2.70. The van der Waals surface area contributed by atoms with Crippen LogP contribution in [0.15, 0.2) is 30.5 Å². The molecule has 18 heavy (non-hydrogen) atoms. The molecule has 3 nitrogen and oxygen atoms in total. The molecular weight excluding hydrogens is 229 g/mol. The fourth-order valence-corrected chi connectivity index (χ4v) is 1.74. The molecule has 96 valence electrons. The van der Waals surface area contributed by atoms with Gasteiger partial charge >= 0.3 is 0 Å². The van der Waals surface area contributed by atoms with Crippen LogP contribution in [0.5, 0.6) is 0 Å². The minimum absolute atomic E-state index is 0.223. The highest BCUT2D eigenvalue weighted by Gasteiger charge is 2.03. The minimum Gasteiger partial charge on any atom is -0.342 e. The van der Waals surface area contributed by atoms with Gasteiger partial charge in [-0.2, -0.15) is 0 Å². The highest BCUT2D eigenvalue weighted by atomic mass is 19.1. The summed E-state index contributed by atoms with van der Waals surface area (Å²) in [6.45, 7) is 5.13. The number of nitrogens with zero attached hydrogens (tertiary/aromatic N) is 1. The van der Waals surface area contributed by atoms with E-state index in [1.807, 2.05) is 0 Å². The molecular formula is C14H18FN3. The van der Waals surface area contributed by atoms with Crippen LogP contribution in [0.25, 0.3) is 11.3 Å². The highest BCUT2D eigenvalue weighted by molar-refractivity contribution is 5.58. The van der Waals surface area contributed by atoms with E-state index in [-0.39, 0.29) is 5.82 Å². The van der Waals surface area contributed by atoms with E-state index in [1.54, 1.807) is 18.3 Å². The monoisotopic (exact) mass is 247 g/mol. The number of aromatic nitrogens is 2.